The first-order valence-corrected chi connectivity index (χ1v) is 4.03. The van der Waals surface area contributed by atoms with Crippen LogP contribution in [0.25, 0.3) is 0 Å². The van der Waals surface area contributed by atoms with Crippen LogP contribution in [0.15, 0.2) is 0 Å². The number of hydrogen-bond acceptors (Lipinski definition) is 7. The summed E-state index contributed by atoms with van der Waals surface area (Å²) < 4.78 is 0. The van der Waals surface area contributed by atoms with Crippen molar-refractivity contribution in [1.82, 2.24) is 10.4 Å². The quantitative estimate of drug-likeness (QED) is 0.202. The maximum atomic E-state index is 10.9. The first-order valence-electron chi connectivity index (χ1n) is 4.03. The number of aliphatic carboxylic acids is 2. The van der Waals surface area contributed by atoms with E-state index in [0.717, 1.165) is 0 Å². The van der Waals surface area contributed by atoms with E-state index in [9.17, 15) is 24.6 Å². The maximum absolute atomic E-state index is 10.9. The van der Waals surface area contributed by atoms with E-state index >= 15 is 0 Å². The molecule has 0 unspecified atom stereocenters. The van der Waals surface area contributed by atoms with Crippen LogP contribution in [-0.4, -0.2) is 47.8 Å². The van der Waals surface area contributed by atoms with Crippen LogP contribution < -0.4 is 74.6 Å². The standard InChI is InChI=1S/C7H12N2O6.2Na/c10-5(9(15)4-7(13)14)1-2-8-3-6(11)12;;/h8,15H,1-4H2,(H,11,12)(H,13,14);;/q;2*+1/p-2. The molecule has 0 heterocycles. The number of carboxylic acid groups (broad SMARTS) is 2. The molecule has 0 saturated heterocycles. The Morgan fingerprint density at radius 3 is 2.06 bits per heavy atom. The Labute approximate surface area is 142 Å². The average Bonchev–Trinajstić information content (AvgIpc) is 2.10. The van der Waals surface area contributed by atoms with Gasteiger partial charge in [-0.3, -0.25) is 10.0 Å². The zero-order valence-corrected chi connectivity index (χ0v) is 13.8. The molecule has 0 radical (unpaired) electrons. The molecule has 0 aromatic carbocycles. The second kappa shape index (κ2) is 12.8. The van der Waals surface area contributed by atoms with Gasteiger partial charge in [-0.15, -0.1) is 0 Å². The fraction of sp³-hybridized carbons (Fsp3) is 0.571. The molecule has 0 atom stereocenters. The van der Waals surface area contributed by atoms with Crippen molar-refractivity contribution in [1.29, 1.82) is 0 Å². The average molecular weight is 264 g/mol. The summed E-state index contributed by atoms with van der Waals surface area (Å²) in [6.45, 7) is -1.34. The van der Waals surface area contributed by atoms with Crippen LogP contribution in [0.4, 0.5) is 0 Å². The third-order valence-electron chi connectivity index (χ3n) is 1.35. The number of hydrogen-bond donors (Lipinski definition) is 2. The number of carbonyl (C=O) groups is 3. The van der Waals surface area contributed by atoms with Gasteiger partial charge in [0.05, 0.1) is 18.5 Å². The largest absolute Gasteiger partial charge is 1.00 e. The van der Waals surface area contributed by atoms with E-state index in [1.54, 1.807) is 0 Å². The van der Waals surface area contributed by atoms with E-state index in [2.05, 4.69) is 5.32 Å². The van der Waals surface area contributed by atoms with Crippen molar-refractivity contribution in [3.8, 4) is 0 Å². The van der Waals surface area contributed by atoms with Crippen LogP contribution >= 0.6 is 0 Å². The summed E-state index contributed by atoms with van der Waals surface area (Å²) in [5, 5.41) is 31.0. The van der Waals surface area contributed by atoms with Crippen molar-refractivity contribution in [2.75, 3.05) is 19.6 Å². The number of amides is 1. The van der Waals surface area contributed by atoms with Gasteiger partial charge in [-0.25, -0.2) is 5.06 Å². The van der Waals surface area contributed by atoms with Gasteiger partial charge in [0.2, 0.25) is 5.91 Å². The predicted molar refractivity (Wildman–Crippen MR) is 41.0 cm³/mol. The number of hydroxylamine groups is 2. The van der Waals surface area contributed by atoms with Crippen LogP contribution in [0.2, 0.25) is 0 Å². The smallest absolute Gasteiger partial charge is 0.549 e. The molecule has 0 fully saturated rings. The number of carboxylic acids is 2. The molecule has 10 heteroatoms. The molecular formula is C7H10N2Na2O6. The molecule has 0 bridgehead atoms. The molecule has 0 aromatic heterocycles. The van der Waals surface area contributed by atoms with Crippen LogP contribution in [0.5, 0.6) is 0 Å². The number of carbonyl (C=O) groups excluding carboxylic acids is 3. The Balaban J connectivity index is -0.000000980. The first-order chi connectivity index (χ1) is 6.93. The zero-order chi connectivity index (χ0) is 11.8. The zero-order valence-electron chi connectivity index (χ0n) is 9.76. The van der Waals surface area contributed by atoms with Crippen molar-refractivity contribution < 1.29 is 88.9 Å². The maximum Gasteiger partial charge on any atom is 1.00 e. The van der Waals surface area contributed by atoms with Gasteiger partial charge >= 0.3 is 59.1 Å². The van der Waals surface area contributed by atoms with E-state index in [-0.39, 0.29) is 77.1 Å². The molecule has 0 saturated carbocycles. The summed E-state index contributed by atoms with van der Waals surface area (Å²) in [7, 11) is 0. The minimum atomic E-state index is -1.59. The van der Waals surface area contributed by atoms with Crippen molar-refractivity contribution in [2.24, 2.45) is 0 Å². The molecule has 0 spiro atoms. The van der Waals surface area contributed by atoms with Gasteiger partial charge in [0.15, 0.2) is 0 Å². The number of nitrogens with zero attached hydrogens (tertiary/aromatic N) is 1. The van der Waals surface area contributed by atoms with Crippen LogP contribution in [-0.2, 0) is 14.4 Å². The molecule has 0 aliphatic heterocycles. The van der Waals surface area contributed by atoms with E-state index in [4.69, 9.17) is 5.21 Å². The van der Waals surface area contributed by atoms with Crippen LogP contribution in [0, 0.1) is 0 Å². The normalized spacial score (nSPS) is 8.53. The summed E-state index contributed by atoms with van der Waals surface area (Å²) in [5.41, 5.74) is 0. The minimum absolute atomic E-state index is 0. The first kappa shape index (κ1) is 22.5. The van der Waals surface area contributed by atoms with E-state index in [1.807, 2.05) is 0 Å². The second-order valence-electron chi connectivity index (χ2n) is 2.62. The van der Waals surface area contributed by atoms with Gasteiger partial charge in [-0.2, -0.15) is 0 Å². The predicted octanol–water partition coefficient (Wildman–Crippen LogP) is -10.3. The third-order valence-corrected chi connectivity index (χ3v) is 1.35. The molecule has 0 aliphatic carbocycles. The van der Waals surface area contributed by atoms with Crippen molar-refractivity contribution in [2.45, 2.75) is 6.42 Å². The molecule has 0 rings (SSSR count). The van der Waals surface area contributed by atoms with Gasteiger partial charge in [-0.1, -0.05) is 0 Å². The molecule has 86 valence electrons. The second-order valence-corrected chi connectivity index (χ2v) is 2.62. The van der Waals surface area contributed by atoms with E-state index in [1.165, 1.54) is 0 Å². The van der Waals surface area contributed by atoms with Crippen molar-refractivity contribution in [3.63, 3.8) is 0 Å². The van der Waals surface area contributed by atoms with Crippen molar-refractivity contribution >= 4 is 17.8 Å². The Bertz CT molecular complexity index is 263. The molecular weight excluding hydrogens is 254 g/mol. The Kier molecular flexibility index (Phi) is 16.9. The van der Waals surface area contributed by atoms with Crippen molar-refractivity contribution in [3.05, 3.63) is 0 Å². The molecule has 0 aromatic rings. The monoisotopic (exact) mass is 264 g/mol. The summed E-state index contributed by atoms with van der Waals surface area (Å²) >= 11 is 0. The number of nitrogens with one attached hydrogen (secondary N) is 1. The summed E-state index contributed by atoms with van der Waals surface area (Å²) in [5.74, 6) is -3.75. The van der Waals surface area contributed by atoms with E-state index in [0.29, 0.717) is 0 Å². The van der Waals surface area contributed by atoms with Gasteiger partial charge < -0.3 is 25.1 Å². The molecule has 1 amide bonds. The van der Waals surface area contributed by atoms with E-state index < -0.39 is 30.9 Å². The Morgan fingerprint density at radius 2 is 1.65 bits per heavy atom. The fourth-order valence-electron chi connectivity index (χ4n) is 0.725. The molecule has 2 N–H and O–H groups in total. The summed E-state index contributed by atoms with van der Waals surface area (Å²) in [6.07, 6.45) is -0.225. The molecule has 8 nitrogen and oxygen atoms in total. The fourth-order valence-corrected chi connectivity index (χ4v) is 0.725. The van der Waals surface area contributed by atoms with Gasteiger partial charge in [0, 0.05) is 19.5 Å². The molecule has 0 aliphatic rings. The van der Waals surface area contributed by atoms with Crippen LogP contribution in [0.1, 0.15) is 6.42 Å². The summed E-state index contributed by atoms with van der Waals surface area (Å²) in [4.78, 5) is 30.8. The number of rotatable bonds is 7. The van der Waals surface area contributed by atoms with Gasteiger partial charge in [-0.05, 0) is 0 Å². The summed E-state index contributed by atoms with van der Waals surface area (Å²) in [6, 6.07) is 0. The van der Waals surface area contributed by atoms with Crippen LogP contribution in [0.3, 0.4) is 0 Å². The Hall–Kier alpha value is 0.330. The topological polar surface area (TPSA) is 133 Å². The van der Waals surface area contributed by atoms with Gasteiger partial charge in [0.1, 0.15) is 0 Å². The minimum Gasteiger partial charge on any atom is -0.549 e. The third kappa shape index (κ3) is 14.3. The molecule has 17 heavy (non-hydrogen) atoms. The SMILES string of the molecule is O=C([O-])CNCCC(=O)N(O)CC(=O)[O-].[Na+].[Na+]. The van der Waals surface area contributed by atoms with Gasteiger partial charge in [0.25, 0.3) is 0 Å². The Morgan fingerprint density at radius 1 is 1.12 bits per heavy atom.